The van der Waals surface area contributed by atoms with Crippen molar-refractivity contribution in [3.8, 4) is 0 Å². The van der Waals surface area contributed by atoms with E-state index in [2.05, 4.69) is 55.6 Å². The van der Waals surface area contributed by atoms with Gasteiger partial charge in [-0.25, -0.2) is 0 Å². The van der Waals surface area contributed by atoms with Crippen LogP contribution in [-0.4, -0.2) is 47.4 Å². The molecule has 0 fully saturated rings. The van der Waals surface area contributed by atoms with Crippen LogP contribution in [0.2, 0.25) is 0 Å². The van der Waals surface area contributed by atoms with Gasteiger partial charge in [0.2, 0.25) is 5.91 Å². The number of hydrogen-bond acceptors (Lipinski definition) is 5. The van der Waals surface area contributed by atoms with E-state index in [-0.39, 0.29) is 18.5 Å². The van der Waals surface area contributed by atoms with Gasteiger partial charge in [0.05, 0.1) is 25.4 Å². The van der Waals surface area contributed by atoms with Gasteiger partial charge in [-0.05, 0) is 83.5 Å². The zero-order valence-corrected chi connectivity index (χ0v) is 49.1. The summed E-state index contributed by atoms with van der Waals surface area (Å²) in [7, 11) is 0. The first-order chi connectivity index (χ1) is 36.0. The molecule has 6 heteroatoms. The first kappa shape index (κ1) is 71.1. The monoisotopic (exact) mass is 1030 g/mol. The second-order valence-electron chi connectivity index (χ2n) is 22.4. The maximum absolute atomic E-state index is 12.5. The molecule has 0 bridgehead atoms. The Hall–Kier alpha value is -1.92. The van der Waals surface area contributed by atoms with Gasteiger partial charge in [0.1, 0.15) is 0 Å². The van der Waals surface area contributed by atoms with Crippen LogP contribution in [0.15, 0.2) is 36.5 Å². The second kappa shape index (κ2) is 62.6. The van der Waals surface area contributed by atoms with Crippen LogP contribution in [0, 0.1) is 0 Å². The fourth-order valence-corrected chi connectivity index (χ4v) is 10.1. The molecule has 2 atom stereocenters. The van der Waals surface area contributed by atoms with Crippen LogP contribution >= 0.6 is 0 Å². The van der Waals surface area contributed by atoms with E-state index in [9.17, 15) is 19.8 Å². The Labute approximate surface area is 455 Å². The zero-order chi connectivity index (χ0) is 52.9. The maximum atomic E-state index is 12.5. The molecular formula is C67H127NO5. The van der Waals surface area contributed by atoms with Crippen LogP contribution in [0.1, 0.15) is 354 Å². The Balaban J connectivity index is 3.43. The molecule has 0 aliphatic rings. The average molecular weight is 1030 g/mol. The maximum Gasteiger partial charge on any atom is 0.305 e. The van der Waals surface area contributed by atoms with Crippen LogP contribution in [0.4, 0.5) is 0 Å². The molecule has 0 aromatic heterocycles. The summed E-state index contributed by atoms with van der Waals surface area (Å²) in [6, 6.07) is -0.549. The van der Waals surface area contributed by atoms with Gasteiger partial charge in [-0.15, -0.1) is 0 Å². The zero-order valence-electron chi connectivity index (χ0n) is 49.1. The normalized spacial score (nSPS) is 12.8. The van der Waals surface area contributed by atoms with E-state index in [1.807, 2.05) is 0 Å². The number of esters is 1. The summed E-state index contributed by atoms with van der Waals surface area (Å²) in [6.45, 7) is 4.94. The highest BCUT2D eigenvalue weighted by Crippen LogP contribution is 2.18. The molecule has 0 radical (unpaired) electrons. The van der Waals surface area contributed by atoms with E-state index in [0.717, 1.165) is 51.4 Å². The van der Waals surface area contributed by atoms with Crippen molar-refractivity contribution in [3.63, 3.8) is 0 Å². The van der Waals surface area contributed by atoms with Gasteiger partial charge in [-0.1, -0.05) is 294 Å². The lowest BCUT2D eigenvalue weighted by Crippen LogP contribution is -2.45. The lowest BCUT2D eigenvalue weighted by molar-refractivity contribution is -0.143. The number of amides is 1. The van der Waals surface area contributed by atoms with Crippen LogP contribution in [0.25, 0.3) is 0 Å². The molecule has 0 saturated heterocycles. The molecule has 0 aromatic rings. The number of hydrogen-bond donors (Lipinski definition) is 3. The highest BCUT2D eigenvalue weighted by atomic mass is 16.5. The molecule has 0 spiro atoms. The van der Waals surface area contributed by atoms with Gasteiger partial charge in [0.15, 0.2) is 0 Å². The molecule has 6 nitrogen and oxygen atoms in total. The van der Waals surface area contributed by atoms with Gasteiger partial charge >= 0.3 is 5.97 Å². The Kier molecular flexibility index (Phi) is 61.0. The number of unbranched alkanes of at least 4 members (excludes halogenated alkanes) is 44. The van der Waals surface area contributed by atoms with Gasteiger partial charge in [-0.2, -0.15) is 0 Å². The molecule has 0 aliphatic carbocycles. The van der Waals surface area contributed by atoms with E-state index < -0.39 is 12.1 Å². The standard InChI is InChI=1S/C67H127NO5/c1-3-5-7-9-11-13-15-17-19-21-24-28-31-35-39-43-47-51-55-59-65(70)64(63-69)68-66(71)60-56-52-48-44-40-36-32-29-25-22-23-26-30-34-38-42-46-50-54-58-62-73-67(72)61-57-53-49-45-41-37-33-27-20-18-16-14-12-10-8-6-4-2/h12,14,18,20,22,25,64-65,69-70H,3-11,13,15-17,19,21,23-24,26-63H2,1-2H3,(H,68,71)/b14-12-,20-18-,25-22-. The molecular weight excluding hydrogens is 899 g/mol. The van der Waals surface area contributed by atoms with E-state index in [0.29, 0.717) is 25.9 Å². The Morgan fingerprint density at radius 3 is 1.08 bits per heavy atom. The van der Waals surface area contributed by atoms with Crippen LogP contribution in [0.5, 0.6) is 0 Å². The third kappa shape index (κ3) is 59.2. The highest BCUT2D eigenvalue weighted by molar-refractivity contribution is 5.76. The van der Waals surface area contributed by atoms with Gasteiger partial charge < -0.3 is 20.3 Å². The van der Waals surface area contributed by atoms with E-state index in [1.54, 1.807) is 0 Å². The number of carbonyl (C=O) groups is 2. The Bertz CT molecular complexity index is 1180. The van der Waals surface area contributed by atoms with Crippen molar-refractivity contribution in [2.75, 3.05) is 13.2 Å². The highest BCUT2D eigenvalue weighted by Gasteiger charge is 2.20. The third-order valence-electron chi connectivity index (χ3n) is 15.2. The molecule has 430 valence electrons. The van der Waals surface area contributed by atoms with E-state index in [1.165, 1.54) is 270 Å². The van der Waals surface area contributed by atoms with Gasteiger partial charge in [-0.3, -0.25) is 9.59 Å². The molecule has 0 heterocycles. The summed E-state index contributed by atoms with van der Waals surface area (Å²) in [5.41, 5.74) is 0. The van der Waals surface area contributed by atoms with Crippen LogP contribution in [-0.2, 0) is 14.3 Å². The molecule has 3 N–H and O–H groups in total. The number of nitrogens with one attached hydrogen (secondary N) is 1. The number of aliphatic hydroxyl groups excluding tert-OH is 2. The quantitative estimate of drug-likeness (QED) is 0.0320. The fourth-order valence-electron chi connectivity index (χ4n) is 10.1. The lowest BCUT2D eigenvalue weighted by atomic mass is 10.0. The summed E-state index contributed by atoms with van der Waals surface area (Å²) < 4.78 is 5.49. The predicted molar refractivity (Wildman–Crippen MR) is 319 cm³/mol. The summed E-state index contributed by atoms with van der Waals surface area (Å²) >= 11 is 0. The number of aliphatic hydroxyl groups is 2. The lowest BCUT2D eigenvalue weighted by Gasteiger charge is -2.22. The average Bonchev–Trinajstić information content (AvgIpc) is 3.39. The first-order valence-corrected chi connectivity index (χ1v) is 32.7. The minimum Gasteiger partial charge on any atom is -0.466 e. The molecule has 1 amide bonds. The van der Waals surface area contributed by atoms with Crippen LogP contribution < -0.4 is 5.32 Å². The molecule has 0 aromatic carbocycles. The van der Waals surface area contributed by atoms with Gasteiger partial charge in [0.25, 0.3) is 0 Å². The van der Waals surface area contributed by atoms with Crippen LogP contribution in [0.3, 0.4) is 0 Å². The minimum absolute atomic E-state index is 0.00108. The molecule has 2 unspecified atom stereocenters. The van der Waals surface area contributed by atoms with Gasteiger partial charge in [0, 0.05) is 12.8 Å². The number of allylic oxidation sites excluding steroid dienone is 6. The Morgan fingerprint density at radius 2 is 0.685 bits per heavy atom. The molecule has 0 aliphatic heterocycles. The van der Waals surface area contributed by atoms with E-state index >= 15 is 0 Å². The van der Waals surface area contributed by atoms with Crippen molar-refractivity contribution in [3.05, 3.63) is 36.5 Å². The number of carbonyl (C=O) groups excluding carboxylic acids is 2. The van der Waals surface area contributed by atoms with Crippen molar-refractivity contribution < 1.29 is 24.5 Å². The fraction of sp³-hybridized carbons (Fsp3) is 0.881. The summed E-state index contributed by atoms with van der Waals surface area (Å²) in [6.07, 6.45) is 78.7. The van der Waals surface area contributed by atoms with E-state index in [4.69, 9.17) is 4.74 Å². The summed E-state index contributed by atoms with van der Waals surface area (Å²) in [5.74, 6) is -0.0421. The number of rotatable bonds is 61. The number of ether oxygens (including phenoxy) is 1. The largest absolute Gasteiger partial charge is 0.466 e. The summed E-state index contributed by atoms with van der Waals surface area (Å²) in [4.78, 5) is 24.6. The SMILES string of the molecule is CCCCC/C=C\C/C=C\CCCCCCCCCC(=O)OCCCCCCCCCCC/C=C\CCCCCCCCCC(=O)NC(CO)C(O)CCCCCCCCCCCCCCCCCCCCC. The second-order valence-corrected chi connectivity index (χ2v) is 22.4. The van der Waals surface area contributed by atoms with Crippen molar-refractivity contribution in [2.45, 2.75) is 366 Å². The Morgan fingerprint density at radius 1 is 0.384 bits per heavy atom. The molecule has 73 heavy (non-hydrogen) atoms. The van der Waals surface area contributed by atoms with Crippen molar-refractivity contribution in [1.29, 1.82) is 0 Å². The van der Waals surface area contributed by atoms with Crippen molar-refractivity contribution in [2.24, 2.45) is 0 Å². The summed E-state index contributed by atoms with van der Waals surface area (Å²) in [5, 5.41) is 23.4. The first-order valence-electron chi connectivity index (χ1n) is 32.7. The predicted octanol–water partition coefficient (Wildman–Crippen LogP) is 20.8. The smallest absolute Gasteiger partial charge is 0.305 e. The van der Waals surface area contributed by atoms with Crippen molar-refractivity contribution >= 4 is 11.9 Å². The molecule has 0 saturated carbocycles. The molecule has 0 rings (SSSR count). The third-order valence-corrected chi connectivity index (χ3v) is 15.2. The van der Waals surface area contributed by atoms with Crippen molar-refractivity contribution in [1.82, 2.24) is 5.32 Å². The topological polar surface area (TPSA) is 95.9 Å². The minimum atomic E-state index is -0.671.